The fraction of sp³-hybridized carbons (Fsp3) is 0.783. The number of carboxylic acid groups (broad SMARTS) is 1. The molecule has 7 rings (SSSR count). The molecule has 0 aromatic carbocycles. The predicted octanol–water partition coefficient (Wildman–Crippen LogP) is 0.0139. The molecule has 7 aliphatic rings. The van der Waals surface area contributed by atoms with E-state index in [9.17, 15) is 19.5 Å². The molecule has 0 unspecified atom stereocenters. The molecule has 0 N–H and O–H groups in total. The van der Waals surface area contributed by atoms with Crippen LogP contribution in [0.1, 0.15) is 40.0 Å². The van der Waals surface area contributed by atoms with Crippen molar-refractivity contribution in [2.45, 2.75) is 81.3 Å². The third kappa shape index (κ3) is 2.02. The summed E-state index contributed by atoms with van der Waals surface area (Å²) in [6, 6.07) is 0. The number of cyclic esters (lactones) is 1. The Kier molecular flexibility index (Phi) is 3.51. The van der Waals surface area contributed by atoms with Gasteiger partial charge in [-0.15, -0.1) is 0 Å². The number of ether oxygens (including phenoxy) is 6. The van der Waals surface area contributed by atoms with Crippen LogP contribution in [0.15, 0.2) is 11.1 Å². The van der Waals surface area contributed by atoms with E-state index >= 15 is 0 Å². The van der Waals surface area contributed by atoms with Crippen LogP contribution >= 0.6 is 0 Å². The molecule has 0 bridgehead atoms. The monoisotopic (exact) mass is 461 g/mol. The zero-order chi connectivity index (χ0) is 23.1. The summed E-state index contributed by atoms with van der Waals surface area (Å²) < 4.78 is 35.2. The van der Waals surface area contributed by atoms with Crippen LogP contribution in [0.4, 0.5) is 4.79 Å². The van der Waals surface area contributed by atoms with E-state index in [1.807, 2.05) is 13.8 Å². The van der Waals surface area contributed by atoms with Gasteiger partial charge in [-0.2, -0.15) is 0 Å². The second kappa shape index (κ2) is 5.72. The van der Waals surface area contributed by atoms with E-state index in [-0.39, 0.29) is 41.5 Å². The van der Waals surface area contributed by atoms with Gasteiger partial charge >= 0.3 is 12.1 Å². The van der Waals surface area contributed by atoms with E-state index in [1.165, 1.54) is 0 Å². The second-order valence-electron chi connectivity index (χ2n) is 10.9. The van der Waals surface area contributed by atoms with E-state index in [0.717, 1.165) is 17.6 Å². The van der Waals surface area contributed by atoms with Crippen LogP contribution < -0.4 is 5.11 Å². The summed E-state index contributed by atoms with van der Waals surface area (Å²) >= 11 is 0. The van der Waals surface area contributed by atoms with Crippen LogP contribution in [0.2, 0.25) is 0 Å². The topological polar surface area (TPSA) is 140 Å². The fourth-order valence-electron chi connectivity index (χ4n) is 8.09. The Morgan fingerprint density at radius 1 is 1.21 bits per heavy atom. The van der Waals surface area contributed by atoms with Crippen molar-refractivity contribution in [3.05, 3.63) is 11.1 Å². The molecular weight excluding hydrogens is 436 g/mol. The number of carbonyl (C=O) groups is 3. The predicted molar refractivity (Wildman–Crippen MR) is 102 cm³/mol. The Morgan fingerprint density at radius 2 is 2.00 bits per heavy atom. The highest BCUT2D eigenvalue weighted by molar-refractivity contribution is 5.92. The van der Waals surface area contributed by atoms with Gasteiger partial charge in [-0.05, 0) is 36.7 Å². The van der Waals surface area contributed by atoms with E-state index in [0.29, 0.717) is 19.4 Å². The molecule has 0 radical (unpaired) electrons. The van der Waals surface area contributed by atoms with Gasteiger partial charge in [0.05, 0.1) is 12.1 Å². The molecule has 0 amide bonds. The Labute approximate surface area is 189 Å². The maximum absolute atomic E-state index is 12.5. The molecule has 10 heteroatoms. The molecule has 33 heavy (non-hydrogen) atoms. The fourth-order valence-corrected chi connectivity index (χ4v) is 8.09. The van der Waals surface area contributed by atoms with Gasteiger partial charge < -0.3 is 38.3 Å². The van der Waals surface area contributed by atoms with Crippen molar-refractivity contribution in [2.24, 2.45) is 17.3 Å². The lowest BCUT2D eigenvalue weighted by Gasteiger charge is -2.53. The Hall–Kier alpha value is -2.17. The lowest BCUT2D eigenvalue weighted by molar-refractivity contribution is -0.308. The van der Waals surface area contributed by atoms with Crippen molar-refractivity contribution >= 4 is 18.1 Å². The van der Waals surface area contributed by atoms with Gasteiger partial charge in [0.1, 0.15) is 36.6 Å². The first kappa shape index (κ1) is 20.2. The molecule has 5 fully saturated rings. The zero-order valence-corrected chi connectivity index (χ0v) is 18.6. The van der Waals surface area contributed by atoms with Gasteiger partial charge in [-0.3, -0.25) is 0 Å². The number of epoxide rings is 3. The normalized spacial score (nSPS) is 51.8. The van der Waals surface area contributed by atoms with Crippen molar-refractivity contribution < 1.29 is 47.9 Å². The summed E-state index contributed by atoms with van der Waals surface area (Å²) in [6.45, 7) is 5.59. The first-order valence-electron chi connectivity index (χ1n) is 11.6. The molecule has 4 heterocycles. The Balaban J connectivity index is 1.29. The third-order valence-electron chi connectivity index (χ3n) is 9.59. The van der Waals surface area contributed by atoms with Gasteiger partial charge in [-0.1, -0.05) is 20.8 Å². The highest BCUT2D eigenvalue weighted by Crippen LogP contribution is 2.83. The van der Waals surface area contributed by atoms with Crippen LogP contribution in [0.25, 0.3) is 0 Å². The molecule has 2 saturated carbocycles. The van der Waals surface area contributed by atoms with E-state index in [4.69, 9.17) is 28.4 Å². The number of rotatable bonds is 4. The summed E-state index contributed by atoms with van der Waals surface area (Å²) in [5.41, 5.74) is -0.936. The molecular formula is C23H25O10-. The minimum atomic E-state index is -1.51. The first-order valence-corrected chi connectivity index (χ1v) is 11.6. The molecule has 10 nitrogen and oxygen atoms in total. The number of carbonyl (C=O) groups excluding carboxylic acids is 3. The maximum Gasteiger partial charge on any atom is 0.509 e. The molecule has 9 atom stereocenters. The van der Waals surface area contributed by atoms with Crippen molar-refractivity contribution in [1.29, 1.82) is 0 Å². The number of hydrogen-bond donors (Lipinski definition) is 0. The number of hydrogen-bond acceptors (Lipinski definition) is 10. The summed E-state index contributed by atoms with van der Waals surface area (Å²) in [5, 5.41) is 10.8. The highest BCUT2D eigenvalue weighted by Gasteiger charge is 3.01. The van der Waals surface area contributed by atoms with Crippen LogP contribution in [0.5, 0.6) is 0 Å². The molecule has 4 aliphatic heterocycles. The quantitative estimate of drug-likeness (QED) is 0.415. The minimum absolute atomic E-state index is 0.00471. The van der Waals surface area contributed by atoms with Crippen LogP contribution in [-0.2, 0) is 38.0 Å². The van der Waals surface area contributed by atoms with Crippen molar-refractivity contribution in [1.82, 2.24) is 0 Å². The molecule has 3 aliphatic carbocycles. The smallest absolute Gasteiger partial charge is 0.509 e. The second-order valence-corrected chi connectivity index (χ2v) is 10.9. The summed E-state index contributed by atoms with van der Waals surface area (Å²) in [4.78, 5) is 35.5. The Bertz CT molecular complexity index is 1050. The molecule has 178 valence electrons. The van der Waals surface area contributed by atoms with Gasteiger partial charge in [-0.25, -0.2) is 9.59 Å². The van der Waals surface area contributed by atoms with E-state index in [2.05, 4.69) is 6.92 Å². The average Bonchev–Trinajstić information content (AvgIpc) is 3.65. The number of esters is 1. The van der Waals surface area contributed by atoms with Crippen molar-refractivity contribution in [3.63, 3.8) is 0 Å². The highest BCUT2D eigenvalue weighted by atomic mass is 16.8. The van der Waals surface area contributed by atoms with Gasteiger partial charge in [0.15, 0.2) is 11.7 Å². The summed E-state index contributed by atoms with van der Waals surface area (Å²) in [7, 11) is 0. The maximum atomic E-state index is 12.5. The lowest BCUT2D eigenvalue weighted by atomic mass is 9.46. The standard InChI is InChI=1S/C23H26O10/c1-9(2)21-15(32-21)16-23(33-16)20(3)5-4-10-11(7-28-17(10)26)12(20)6-13-22(23,31-13)18(21)30-19(27)29-8-14(24)25/h9,12-13,15-16,18H,4-8H2,1-3H3,(H,24,25)/p-1/t12-,13-,15-,16-,18+,20-,21-,22+,23+/m0/s1. The third-order valence-corrected chi connectivity index (χ3v) is 9.59. The summed E-state index contributed by atoms with van der Waals surface area (Å²) in [6.07, 6.45) is -0.603. The van der Waals surface area contributed by atoms with Gasteiger partial charge in [0.25, 0.3) is 0 Å². The largest absolute Gasteiger partial charge is 0.546 e. The van der Waals surface area contributed by atoms with E-state index in [1.54, 1.807) is 0 Å². The van der Waals surface area contributed by atoms with E-state index < -0.39 is 41.6 Å². The first-order chi connectivity index (χ1) is 15.6. The molecule has 3 saturated heterocycles. The van der Waals surface area contributed by atoms with Crippen LogP contribution in [-0.4, -0.2) is 72.5 Å². The van der Waals surface area contributed by atoms with Crippen LogP contribution in [0.3, 0.4) is 0 Å². The minimum Gasteiger partial charge on any atom is -0.546 e. The molecule has 0 aromatic rings. The lowest BCUT2D eigenvalue weighted by Crippen LogP contribution is -2.70. The Morgan fingerprint density at radius 3 is 2.73 bits per heavy atom. The molecule has 0 aromatic heterocycles. The molecule has 2 spiro atoms. The van der Waals surface area contributed by atoms with Gasteiger partial charge in [0.2, 0.25) is 0 Å². The van der Waals surface area contributed by atoms with Crippen molar-refractivity contribution in [2.75, 3.05) is 13.2 Å². The number of carboxylic acids is 1. The number of aliphatic carboxylic acids is 1. The SMILES string of the molecule is CC(C)[C@]12O[C@H]1[C@@H]1O[C@]13[C@]1(O[C@H]1C[C@H]1C4=C(CC[C@@]13C)C(=O)OC4)[C@@H]2OC(=O)OCC(=O)[O-]. The average molecular weight is 461 g/mol. The van der Waals surface area contributed by atoms with Crippen LogP contribution in [0, 0.1) is 17.3 Å². The van der Waals surface area contributed by atoms with Crippen molar-refractivity contribution in [3.8, 4) is 0 Å². The summed E-state index contributed by atoms with van der Waals surface area (Å²) in [5.74, 6) is -1.68. The van der Waals surface area contributed by atoms with Gasteiger partial charge in [0, 0.05) is 11.0 Å². The number of fused-ring (bicyclic) bond motifs is 4. The zero-order valence-electron chi connectivity index (χ0n) is 18.6.